The van der Waals surface area contributed by atoms with E-state index in [-0.39, 0.29) is 6.03 Å². The zero-order valence-corrected chi connectivity index (χ0v) is 14.2. The molecule has 2 aromatic rings. The third-order valence-electron chi connectivity index (χ3n) is 5.35. The number of urea groups is 1. The highest BCUT2D eigenvalue weighted by atomic mass is 16.2. The second-order valence-electron chi connectivity index (χ2n) is 6.40. The Morgan fingerprint density at radius 3 is 2.00 bits per heavy atom. The van der Waals surface area contributed by atoms with Crippen molar-refractivity contribution in [2.45, 2.75) is 11.3 Å². The molecule has 0 aliphatic carbocycles. The fourth-order valence-electron chi connectivity index (χ4n) is 4.27. The Bertz CT molecular complexity index is 868. The topological polar surface area (TPSA) is 90.6 Å². The average molecular weight is 337 g/mol. The Kier molecular flexibility index (Phi) is 3.00. The smallest absolute Gasteiger partial charge is 0.291 e. The summed E-state index contributed by atoms with van der Waals surface area (Å²) in [4.78, 5) is 16.3. The first-order valence-electron chi connectivity index (χ1n) is 8.06. The van der Waals surface area contributed by atoms with Crippen LogP contribution >= 0.6 is 0 Å². The minimum absolute atomic E-state index is 0.150. The number of nitrogens with zero attached hydrogens (tertiary/aromatic N) is 3. The second kappa shape index (κ2) is 4.89. The number of guanidine groups is 1. The minimum Gasteiger partial charge on any atom is -0.291 e. The molecule has 0 saturated carbocycles. The summed E-state index contributed by atoms with van der Waals surface area (Å²) in [5, 5.41) is 3.30. The van der Waals surface area contributed by atoms with E-state index >= 15 is 0 Å². The summed E-state index contributed by atoms with van der Waals surface area (Å²) in [5.41, 5.74) is 6.01. The van der Waals surface area contributed by atoms with Gasteiger partial charge in [0.2, 0.25) is 0 Å². The van der Waals surface area contributed by atoms with Gasteiger partial charge in [-0.1, -0.05) is 60.7 Å². The molecular formula is C18H21N6O+. The summed E-state index contributed by atoms with van der Waals surface area (Å²) in [6.45, 7) is 0. The van der Waals surface area contributed by atoms with E-state index in [1.165, 1.54) is 4.68 Å². The molecule has 0 aromatic heterocycles. The van der Waals surface area contributed by atoms with Crippen molar-refractivity contribution in [3.05, 3.63) is 71.8 Å². The molecule has 2 heterocycles. The van der Waals surface area contributed by atoms with Crippen molar-refractivity contribution in [1.29, 1.82) is 0 Å². The van der Waals surface area contributed by atoms with E-state index in [4.69, 9.17) is 11.6 Å². The number of nitrogens with two attached hydrogens (primary N) is 2. The van der Waals surface area contributed by atoms with Gasteiger partial charge in [-0.3, -0.25) is 21.4 Å². The van der Waals surface area contributed by atoms with Crippen LogP contribution in [0.3, 0.4) is 0 Å². The first kappa shape index (κ1) is 15.3. The van der Waals surface area contributed by atoms with Gasteiger partial charge in [-0.15, -0.1) is 4.68 Å². The third-order valence-corrected chi connectivity index (χ3v) is 5.35. The van der Waals surface area contributed by atoms with Gasteiger partial charge in [-0.25, -0.2) is 10.1 Å². The number of likely N-dealkylation sites (N-methyl/N-ethyl adjacent to an activating group) is 2. The molecule has 7 nitrogen and oxygen atoms in total. The van der Waals surface area contributed by atoms with E-state index in [2.05, 4.69) is 5.32 Å². The Balaban J connectivity index is 2.12. The van der Waals surface area contributed by atoms with Crippen molar-refractivity contribution in [2.24, 2.45) is 11.6 Å². The summed E-state index contributed by atoms with van der Waals surface area (Å²) in [5.74, 6) is 6.76. The van der Waals surface area contributed by atoms with E-state index in [1.54, 1.807) is 23.9 Å². The fraction of sp³-hybridized carbons (Fsp3) is 0.222. The van der Waals surface area contributed by atoms with Gasteiger partial charge in [0.25, 0.3) is 11.3 Å². The van der Waals surface area contributed by atoms with E-state index < -0.39 is 11.3 Å². The van der Waals surface area contributed by atoms with Gasteiger partial charge >= 0.3 is 12.0 Å². The zero-order chi connectivity index (χ0) is 17.8. The number of hydrogen-bond donors (Lipinski definition) is 3. The lowest BCUT2D eigenvalue weighted by Crippen LogP contribution is -2.63. The Morgan fingerprint density at radius 1 is 0.920 bits per heavy atom. The number of rotatable bonds is 2. The SMILES string of the molecule is CN1C(=O)N(C)[C@@]2(c3ccccc3)[N+](N)=C(N)N[C@]12c1ccccc1. The van der Waals surface area contributed by atoms with Gasteiger partial charge < -0.3 is 0 Å². The largest absolute Gasteiger partial charge is 0.370 e. The van der Waals surface area contributed by atoms with Gasteiger partial charge in [0.15, 0.2) is 0 Å². The number of carbonyl (C=O) groups excluding carboxylic acids is 1. The summed E-state index contributed by atoms with van der Waals surface area (Å²) < 4.78 is 1.46. The van der Waals surface area contributed by atoms with Crippen molar-refractivity contribution in [3.63, 3.8) is 0 Å². The predicted octanol–water partition coefficient (Wildman–Crippen LogP) is 0.494. The molecule has 0 unspecified atom stereocenters. The highest BCUT2D eigenvalue weighted by Crippen LogP contribution is 2.53. The molecule has 25 heavy (non-hydrogen) atoms. The van der Waals surface area contributed by atoms with E-state index in [0.717, 1.165) is 11.1 Å². The van der Waals surface area contributed by atoms with Crippen LogP contribution in [0.5, 0.6) is 0 Å². The molecule has 4 rings (SSSR count). The first-order valence-corrected chi connectivity index (χ1v) is 8.06. The van der Waals surface area contributed by atoms with Gasteiger partial charge in [0.05, 0.1) is 0 Å². The standard InChI is InChI=1S/C18H20N6O/c1-22-16(25)23(2)18(14-11-7-4-8-12-14)17(22,21-15(19)24(18)20)13-9-5-3-6-10-13/h3-12H,20H2,1-2H3,(H2,19,21)/p+1/t17-,18+/m1/s1. The Morgan fingerprint density at radius 2 is 1.44 bits per heavy atom. The molecule has 1 fully saturated rings. The normalized spacial score (nSPS) is 28.3. The van der Waals surface area contributed by atoms with Crippen LogP contribution in [0, 0.1) is 0 Å². The van der Waals surface area contributed by atoms with Crippen LogP contribution in [-0.4, -0.2) is 40.6 Å². The monoisotopic (exact) mass is 337 g/mol. The van der Waals surface area contributed by atoms with Crippen LogP contribution in [0.2, 0.25) is 0 Å². The van der Waals surface area contributed by atoms with Crippen LogP contribution < -0.4 is 16.9 Å². The number of hydrazine groups is 1. The van der Waals surface area contributed by atoms with Gasteiger partial charge in [-0.05, 0) is 0 Å². The summed E-state index contributed by atoms with van der Waals surface area (Å²) >= 11 is 0. The lowest BCUT2D eigenvalue weighted by Gasteiger charge is -2.40. The van der Waals surface area contributed by atoms with E-state index in [9.17, 15) is 4.79 Å². The highest BCUT2D eigenvalue weighted by molar-refractivity contribution is 5.85. The van der Waals surface area contributed by atoms with Crippen LogP contribution in [0.15, 0.2) is 60.7 Å². The molecule has 2 aliphatic heterocycles. The number of benzene rings is 2. The van der Waals surface area contributed by atoms with Crippen molar-refractivity contribution >= 4 is 12.0 Å². The van der Waals surface area contributed by atoms with Crippen LogP contribution in [0.1, 0.15) is 11.1 Å². The second-order valence-corrected chi connectivity index (χ2v) is 6.40. The molecule has 0 radical (unpaired) electrons. The lowest BCUT2D eigenvalue weighted by molar-refractivity contribution is -0.654. The molecular weight excluding hydrogens is 316 g/mol. The van der Waals surface area contributed by atoms with E-state index in [0.29, 0.717) is 5.96 Å². The quantitative estimate of drug-likeness (QED) is 0.550. The molecule has 2 amide bonds. The van der Waals surface area contributed by atoms with Crippen LogP contribution in [0.25, 0.3) is 0 Å². The van der Waals surface area contributed by atoms with Gasteiger partial charge in [0.1, 0.15) is 0 Å². The number of fused-ring (bicyclic) bond motifs is 1. The zero-order valence-electron chi connectivity index (χ0n) is 14.2. The predicted molar refractivity (Wildman–Crippen MR) is 93.9 cm³/mol. The molecule has 2 aromatic carbocycles. The van der Waals surface area contributed by atoms with Gasteiger partial charge in [-0.2, -0.15) is 0 Å². The number of carbonyl (C=O) groups is 1. The molecule has 0 bridgehead atoms. The molecule has 128 valence electrons. The summed E-state index contributed by atoms with van der Waals surface area (Å²) in [6, 6.07) is 19.3. The maximum absolute atomic E-state index is 13.0. The molecule has 5 N–H and O–H groups in total. The summed E-state index contributed by atoms with van der Waals surface area (Å²) in [7, 11) is 3.51. The molecule has 7 heteroatoms. The number of nitrogens with one attached hydrogen (secondary N) is 1. The van der Waals surface area contributed by atoms with Gasteiger partial charge in [0, 0.05) is 25.2 Å². The van der Waals surface area contributed by atoms with Crippen molar-refractivity contribution in [3.8, 4) is 0 Å². The Labute approximate surface area is 146 Å². The number of hydrogen-bond acceptors (Lipinski definition) is 4. The molecule has 0 spiro atoms. The molecule has 2 aliphatic rings. The van der Waals surface area contributed by atoms with Crippen molar-refractivity contribution in [2.75, 3.05) is 14.1 Å². The average Bonchev–Trinajstić information content (AvgIpc) is 2.99. The number of hydrazone groups is 1. The Hall–Kier alpha value is -3.22. The van der Waals surface area contributed by atoms with Crippen molar-refractivity contribution in [1.82, 2.24) is 15.1 Å². The first-order chi connectivity index (χ1) is 12.0. The summed E-state index contributed by atoms with van der Waals surface area (Å²) in [6.07, 6.45) is 0. The minimum atomic E-state index is -1.02. The van der Waals surface area contributed by atoms with Crippen molar-refractivity contribution < 1.29 is 9.48 Å². The highest BCUT2D eigenvalue weighted by Gasteiger charge is 2.77. The van der Waals surface area contributed by atoms with Crippen LogP contribution in [0.4, 0.5) is 4.79 Å². The van der Waals surface area contributed by atoms with E-state index in [1.807, 2.05) is 60.7 Å². The van der Waals surface area contributed by atoms with Crippen LogP contribution in [-0.2, 0) is 11.3 Å². The maximum atomic E-state index is 13.0. The lowest BCUT2D eigenvalue weighted by atomic mass is 9.81. The molecule has 1 saturated heterocycles. The maximum Gasteiger partial charge on any atom is 0.370 e. The third kappa shape index (κ3) is 1.55. The molecule has 2 atom stereocenters. The number of amides is 2. The fourth-order valence-corrected chi connectivity index (χ4v) is 4.27.